The summed E-state index contributed by atoms with van der Waals surface area (Å²) in [6.45, 7) is 4.68. The number of hydrogen-bond donors (Lipinski definition) is 1. The molecule has 2 aliphatic rings. The third kappa shape index (κ3) is 5.05. The molecule has 0 radical (unpaired) electrons. The van der Waals surface area contributed by atoms with E-state index in [0.717, 1.165) is 44.6 Å². The standard InChI is InChI=1S/C22H23Cl2N7O2/c23-17-5-3-4-16(19(17)24)18-7-6-15(33-18)14-25-29-20-26-21(30-8-1-2-9-30)28-22(27-20)31-10-12-32-13-11-31/h3-7,14H,1-2,8-13H2,(H,26,27,28,29)/b25-14-. The highest BCUT2D eigenvalue weighted by Crippen LogP contribution is 2.34. The molecule has 0 unspecified atom stereocenters. The van der Waals surface area contributed by atoms with Gasteiger partial charge in [-0.2, -0.15) is 20.1 Å². The van der Waals surface area contributed by atoms with Gasteiger partial charge in [0, 0.05) is 31.7 Å². The Balaban J connectivity index is 1.34. The smallest absolute Gasteiger partial charge is 0.250 e. The first-order valence-corrected chi connectivity index (χ1v) is 11.6. The average Bonchev–Trinajstić information content (AvgIpc) is 3.54. The van der Waals surface area contributed by atoms with Crippen molar-refractivity contribution in [3.63, 3.8) is 0 Å². The van der Waals surface area contributed by atoms with Crippen LogP contribution in [0.4, 0.5) is 17.8 Å². The molecule has 2 aliphatic heterocycles. The van der Waals surface area contributed by atoms with Crippen molar-refractivity contribution < 1.29 is 9.15 Å². The van der Waals surface area contributed by atoms with E-state index in [1.165, 1.54) is 0 Å². The van der Waals surface area contributed by atoms with E-state index in [-0.39, 0.29) is 0 Å². The van der Waals surface area contributed by atoms with Crippen molar-refractivity contribution in [2.75, 3.05) is 54.6 Å². The molecule has 33 heavy (non-hydrogen) atoms. The maximum Gasteiger partial charge on any atom is 0.250 e. The van der Waals surface area contributed by atoms with Gasteiger partial charge in [0.25, 0.3) is 0 Å². The number of hydrogen-bond acceptors (Lipinski definition) is 9. The lowest BCUT2D eigenvalue weighted by Crippen LogP contribution is -2.38. The van der Waals surface area contributed by atoms with Crippen LogP contribution in [0.15, 0.2) is 39.9 Å². The lowest BCUT2D eigenvalue weighted by molar-refractivity contribution is 0.122. The maximum absolute atomic E-state index is 6.29. The highest BCUT2D eigenvalue weighted by atomic mass is 35.5. The Hall–Kier alpha value is -2.88. The zero-order chi connectivity index (χ0) is 22.6. The van der Waals surface area contributed by atoms with Crippen LogP contribution in [-0.4, -0.2) is 60.6 Å². The number of benzene rings is 1. The van der Waals surface area contributed by atoms with Gasteiger partial charge in [-0.3, -0.25) is 0 Å². The number of morpholine rings is 1. The number of nitrogens with one attached hydrogen (secondary N) is 1. The Bertz CT molecular complexity index is 1140. The van der Waals surface area contributed by atoms with E-state index in [4.69, 9.17) is 37.3 Å². The normalized spacial score (nSPS) is 16.7. The van der Waals surface area contributed by atoms with Crippen LogP contribution in [-0.2, 0) is 4.74 Å². The molecule has 9 nitrogen and oxygen atoms in total. The molecule has 11 heteroatoms. The SMILES string of the molecule is Clc1cccc(-c2ccc(/C=N\Nc3nc(N4CCCC4)nc(N4CCOCC4)n3)o2)c1Cl. The Labute approximate surface area is 201 Å². The van der Waals surface area contributed by atoms with Gasteiger partial charge in [0.05, 0.1) is 29.5 Å². The second kappa shape index (κ2) is 9.94. The van der Waals surface area contributed by atoms with Gasteiger partial charge in [-0.05, 0) is 37.1 Å². The second-order valence-electron chi connectivity index (χ2n) is 7.73. The van der Waals surface area contributed by atoms with Gasteiger partial charge in [0.2, 0.25) is 17.8 Å². The minimum atomic E-state index is 0.384. The lowest BCUT2D eigenvalue weighted by atomic mass is 10.2. The van der Waals surface area contributed by atoms with Crippen molar-refractivity contribution in [1.82, 2.24) is 15.0 Å². The molecule has 172 valence electrons. The molecule has 2 saturated heterocycles. The van der Waals surface area contributed by atoms with E-state index in [1.54, 1.807) is 18.3 Å². The molecule has 0 aliphatic carbocycles. The molecule has 0 atom stereocenters. The molecule has 0 saturated carbocycles. The molecule has 2 fully saturated rings. The first-order valence-electron chi connectivity index (χ1n) is 10.8. The molecule has 1 N–H and O–H groups in total. The molecule has 4 heterocycles. The summed E-state index contributed by atoms with van der Waals surface area (Å²) in [5.74, 6) is 2.83. The largest absolute Gasteiger partial charge is 0.455 e. The second-order valence-corrected chi connectivity index (χ2v) is 8.51. The zero-order valence-corrected chi connectivity index (χ0v) is 19.4. The summed E-state index contributed by atoms with van der Waals surface area (Å²) >= 11 is 12.4. The predicted octanol–water partition coefficient (Wildman–Crippen LogP) is 4.32. The van der Waals surface area contributed by atoms with Crippen LogP contribution in [0, 0.1) is 0 Å². The first-order chi connectivity index (χ1) is 16.2. The van der Waals surface area contributed by atoms with E-state index >= 15 is 0 Å². The van der Waals surface area contributed by atoms with E-state index in [2.05, 4.69) is 30.3 Å². The summed E-state index contributed by atoms with van der Waals surface area (Å²) in [6.07, 6.45) is 3.84. The van der Waals surface area contributed by atoms with E-state index in [0.29, 0.717) is 52.6 Å². The summed E-state index contributed by atoms with van der Waals surface area (Å²) in [4.78, 5) is 18.1. The van der Waals surface area contributed by atoms with Crippen LogP contribution in [0.3, 0.4) is 0 Å². The summed E-state index contributed by atoms with van der Waals surface area (Å²) in [7, 11) is 0. The van der Waals surface area contributed by atoms with Crippen molar-refractivity contribution in [1.29, 1.82) is 0 Å². The fourth-order valence-corrected chi connectivity index (χ4v) is 4.18. The van der Waals surface area contributed by atoms with Crippen LogP contribution in [0.1, 0.15) is 18.6 Å². The van der Waals surface area contributed by atoms with E-state index in [1.807, 2.05) is 18.2 Å². The highest BCUT2D eigenvalue weighted by Gasteiger charge is 2.21. The van der Waals surface area contributed by atoms with E-state index < -0.39 is 0 Å². The monoisotopic (exact) mass is 487 g/mol. The molecular formula is C22H23Cl2N7O2. The molecule has 2 aromatic heterocycles. The fraction of sp³-hybridized carbons (Fsp3) is 0.364. The number of anilines is 3. The number of furan rings is 1. The van der Waals surface area contributed by atoms with Crippen molar-refractivity contribution in [3.8, 4) is 11.3 Å². The number of hydrazone groups is 1. The van der Waals surface area contributed by atoms with Gasteiger partial charge >= 0.3 is 0 Å². The summed E-state index contributed by atoms with van der Waals surface area (Å²) in [6, 6.07) is 9.04. The fourth-order valence-electron chi connectivity index (χ4n) is 3.78. The summed E-state index contributed by atoms with van der Waals surface area (Å²) in [5.41, 5.74) is 3.64. The van der Waals surface area contributed by atoms with Crippen molar-refractivity contribution >= 4 is 47.3 Å². The molecule has 1 aromatic carbocycles. The van der Waals surface area contributed by atoms with Crippen molar-refractivity contribution in [2.45, 2.75) is 12.8 Å². The van der Waals surface area contributed by atoms with Gasteiger partial charge in [-0.15, -0.1) is 0 Å². The Morgan fingerprint density at radius 2 is 1.64 bits per heavy atom. The van der Waals surface area contributed by atoms with Crippen LogP contribution in [0.25, 0.3) is 11.3 Å². The minimum Gasteiger partial charge on any atom is -0.455 e. The van der Waals surface area contributed by atoms with Gasteiger partial charge in [-0.1, -0.05) is 29.3 Å². The number of halogens is 2. The van der Waals surface area contributed by atoms with Gasteiger partial charge in [-0.25, -0.2) is 5.43 Å². The predicted molar refractivity (Wildman–Crippen MR) is 130 cm³/mol. The summed E-state index contributed by atoms with van der Waals surface area (Å²) < 4.78 is 11.3. The lowest BCUT2D eigenvalue weighted by Gasteiger charge is -2.27. The third-order valence-corrected chi connectivity index (χ3v) is 6.31. The Kier molecular flexibility index (Phi) is 6.61. The first kappa shape index (κ1) is 21.9. The number of aromatic nitrogens is 3. The molecule has 0 bridgehead atoms. The molecular weight excluding hydrogens is 465 g/mol. The zero-order valence-electron chi connectivity index (χ0n) is 17.9. The third-order valence-electron chi connectivity index (χ3n) is 5.49. The maximum atomic E-state index is 6.29. The quantitative estimate of drug-likeness (QED) is 0.405. The van der Waals surface area contributed by atoms with Crippen LogP contribution >= 0.6 is 23.2 Å². The van der Waals surface area contributed by atoms with E-state index in [9.17, 15) is 0 Å². The molecule has 3 aromatic rings. The number of rotatable bonds is 6. The Morgan fingerprint density at radius 3 is 2.39 bits per heavy atom. The van der Waals surface area contributed by atoms with Crippen LogP contribution < -0.4 is 15.2 Å². The molecule has 5 rings (SSSR count). The topological polar surface area (TPSA) is 91.9 Å². The van der Waals surface area contributed by atoms with Gasteiger partial charge in [0.1, 0.15) is 11.5 Å². The molecule has 0 spiro atoms. The van der Waals surface area contributed by atoms with Gasteiger partial charge in [0.15, 0.2) is 0 Å². The minimum absolute atomic E-state index is 0.384. The van der Waals surface area contributed by atoms with Gasteiger partial charge < -0.3 is 19.0 Å². The van der Waals surface area contributed by atoms with Crippen LogP contribution in [0.2, 0.25) is 10.0 Å². The number of nitrogens with zero attached hydrogens (tertiary/aromatic N) is 6. The van der Waals surface area contributed by atoms with Crippen molar-refractivity contribution in [3.05, 3.63) is 46.1 Å². The highest BCUT2D eigenvalue weighted by molar-refractivity contribution is 6.43. The van der Waals surface area contributed by atoms with Crippen LogP contribution in [0.5, 0.6) is 0 Å². The molecule has 0 amide bonds. The van der Waals surface area contributed by atoms with Crippen molar-refractivity contribution in [2.24, 2.45) is 5.10 Å². The Morgan fingerprint density at radius 1 is 0.909 bits per heavy atom. The summed E-state index contributed by atoms with van der Waals surface area (Å²) in [5, 5.41) is 5.19. The average molecular weight is 488 g/mol. The number of ether oxygens (including phenoxy) is 1.